The largest absolute Gasteiger partial charge is 0.495 e. The molecule has 7 rings (SSSR count). The van der Waals surface area contributed by atoms with Crippen molar-refractivity contribution in [1.82, 2.24) is 19.7 Å². The van der Waals surface area contributed by atoms with E-state index in [2.05, 4.69) is 53.4 Å². The Bertz CT molecular complexity index is 1760. The molecule has 1 aliphatic carbocycles. The van der Waals surface area contributed by atoms with E-state index < -0.39 is 0 Å². The average Bonchev–Trinajstić information content (AvgIpc) is 3.56. The lowest BCUT2D eigenvalue weighted by Gasteiger charge is -2.22. The van der Waals surface area contributed by atoms with E-state index in [-0.39, 0.29) is 11.9 Å². The monoisotopic (exact) mass is 491 g/mol. The highest BCUT2D eigenvalue weighted by Crippen LogP contribution is 2.48. The van der Waals surface area contributed by atoms with Crippen molar-refractivity contribution in [3.05, 3.63) is 71.0 Å². The predicted molar refractivity (Wildman–Crippen MR) is 147 cm³/mol. The van der Waals surface area contributed by atoms with Crippen LogP contribution in [0.15, 0.2) is 48.7 Å². The van der Waals surface area contributed by atoms with Gasteiger partial charge < -0.3 is 19.9 Å². The molecule has 3 aromatic carbocycles. The number of para-hydroxylation sites is 2. The second-order valence-corrected chi connectivity index (χ2v) is 10.3. The van der Waals surface area contributed by atoms with Gasteiger partial charge in [-0.3, -0.25) is 9.48 Å². The van der Waals surface area contributed by atoms with Gasteiger partial charge in [-0.1, -0.05) is 12.1 Å². The Hall–Kier alpha value is -4.26. The van der Waals surface area contributed by atoms with Crippen LogP contribution in [0.3, 0.4) is 0 Å². The number of nitrogens with one attached hydrogen (secondary N) is 2. The van der Waals surface area contributed by atoms with Crippen molar-refractivity contribution >= 4 is 39.1 Å². The number of rotatable bonds is 4. The summed E-state index contributed by atoms with van der Waals surface area (Å²) in [5.74, 6) is 0.808. The van der Waals surface area contributed by atoms with Crippen LogP contribution in [0, 0.1) is 0 Å². The summed E-state index contributed by atoms with van der Waals surface area (Å²) in [5.41, 5.74) is 10.8. The van der Waals surface area contributed by atoms with Gasteiger partial charge in [0.15, 0.2) is 0 Å². The molecule has 2 N–H and O–H groups in total. The summed E-state index contributed by atoms with van der Waals surface area (Å²) in [5, 5.41) is 13.7. The zero-order chi connectivity index (χ0) is 25.4. The molecule has 7 heteroatoms. The molecule has 0 saturated heterocycles. The van der Waals surface area contributed by atoms with Crippen molar-refractivity contribution in [2.24, 2.45) is 7.05 Å². The first-order valence-corrected chi connectivity index (χ1v) is 12.8. The van der Waals surface area contributed by atoms with E-state index in [1.165, 1.54) is 22.0 Å². The Labute approximate surface area is 215 Å². The lowest BCUT2D eigenvalue weighted by Crippen LogP contribution is -2.15. The number of hydrogen-bond acceptors (Lipinski definition) is 4. The van der Waals surface area contributed by atoms with Gasteiger partial charge in [-0.25, -0.2) is 0 Å². The zero-order valence-corrected chi connectivity index (χ0v) is 21.5. The molecule has 0 atom stereocenters. The topological polar surface area (TPSA) is 73.1 Å². The molecule has 2 aromatic heterocycles. The van der Waals surface area contributed by atoms with Gasteiger partial charge in [0.2, 0.25) is 0 Å². The van der Waals surface area contributed by atoms with Crippen molar-refractivity contribution in [1.29, 1.82) is 0 Å². The number of aryl methyl sites for hydroxylation is 3. The molecule has 0 spiro atoms. The van der Waals surface area contributed by atoms with Crippen molar-refractivity contribution in [2.75, 3.05) is 12.4 Å². The number of methoxy groups -OCH3 is 1. The maximum Gasteiger partial charge on any atom is 0.252 e. The molecule has 5 aromatic rings. The molecule has 1 aliphatic heterocycles. The van der Waals surface area contributed by atoms with Crippen molar-refractivity contribution < 1.29 is 9.53 Å². The normalized spacial score (nSPS) is 14.1. The molecule has 1 amide bonds. The third-order valence-electron chi connectivity index (χ3n) is 7.79. The third-order valence-corrected chi connectivity index (χ3v) is 7.79. The van der Waals surface area contributed by atoms with Crippen molar-refractivity contribution in [3.8, 4) is 16.9 Å². The van der Waals surface area contributed by atoms with Gasteiger partial charge >= 0.3 is 0 Å². The van der Waals surface area contributed by atoms with E-state index in [9.17, 15) is 4.79 Å². The summed E-state index contributed by atoms with van der Waals surface area (Å²) in [6, 6.07) is 14.7. The van der Waals surface area contributed by atoms with Gasteiger partial charge in [0.25, 0.3) is 5.91 Å². The molecule has 0 radical (unpaired) electrons. The molecule has 0 unspecified atom stereocenters. The van der Waals surface area contributed by atoms with Gasteiger partial charge in [0, 0.05) is 58.9 Å². The summed E-state index contributed by atoms with van der Waals surface area (Å²) >= 11 is 0. The van der Waals surface area contributed by atoms with E-state index in [0.717, 1.165) is 63.3 Å². The van der Waals surface area contributed by atoms with E-state index in [1.807, 2.05) is 36.0 Å². The summed E-state index contributed by atoms with van der Waals surface area (Å²) in [4.78, 5) is 13.3. The number of carbonyl (C=O) groups is 1. The number of anilines is 2. The number of carbonyl (C=O) groups excluding carboxylic acids is 1. The number of hydrogen-bond donors (Lipinski definition) is 2. The molecule has 0 fully saturated rings. The summed E-state index contributed by atoms with van der Waals surface area (Å²) in [7, 11) is 3.64. The molecular formula is C30H29N5O2. The maximum atomic E-state index is 13.3. The Morgan fingerprint density at radius 1 is 1.08 bits per heavy atom. The Morgan fingerprint density at radius 3 is 2.73 bits per heavy atom. The van der Waals surface area contributed by atoms with E-state index in [4.69, 9.17) is 9.84 Å². The molecule has 7 nitrogen and oxygen atoms in total. The minimum absolute atomic E-state index is 0.0126. The third kappa shape index (κ3) is 3.06. The SMILES string of the molecule is COc1ccccc1Nc1ccc2c(c1)c1c3c(c4c(c1n2C(C)C)CCc1nn(C)cc1-4)C(=O)NC3. The highest BCUT2D eigenvalue weighted by molar-refractivity contribution is 6.20. The summed E-state index contributed by atoms with van der Waals surface area (Å²) < 4.78 is 9.89. The fourth-order valence-corrected chi connectivity index (χ4v) is 6.38. The second-order valence-electron chi connectivity index (χ2n) is 10.3. The summed E-state index contributed by atoms with van der Waals surface area (Å²) in [6.07, 6.45) is 3.81. The lowest BCUT2D eigenvalue weighted by atomic mass is 9.82. The number of fused-ring (bicyclic) bond motifs is 10. The molecule has 0 saturated carbocycles. The van der Waals surface area contributed by atoms with Gasteiger partial charge in [-0.05, 0) is 68.1 Å². The van der Waals surface area contributed by atoms with Crippen LogP contribution in [-0.4, -0.2) is 27.4 Å². The van der Waals surface area contributed by atoms with Crippen molar-refractivity contribution in [2.45, 2.75) is 39.3 Å². The Balaban J connectivity index is 1.56. The summed E-state index contributed by atoms with van der Waals surface area (Å²) in [6.45, 7) is 5.01. The zero-order valence-electron chi connectivity index (χ0n) is 21.5. The van der Waals surface area contributed by atoms with Crippen molar-refractivity contribution in [3.63, 3.8) is 0 Å². The first-order valence-electron chi connectivity index (χ1n) is 12.8. The average molecular weight is 492 g/mol. The van der Waals surface area contributed by atoms with Gasteiger partial charge in [-0.2, -0.15) is 5.10 Å². The highest BCUT2D eigenvalue weighted by atomic mass is 16.5. The van der Waals surface area contributed by atoms with Crippen LogP contribution in [0.5, 0.6) is 5.75 Å². The van der Waals surface area contributed by atoms with Gasteiger partial charge in [0.05, 0.1) is 29.6 Å². The Kier molecular flexibility index (Phi) is 4.67. The van der Waals surface area contributed by atoms with Crippen LogP contribution in [-0.2, 0) is 26.4 Å². The van der Waals surface area contributed by atoms with Crippen LogP contribution in [0.25, 0.3) is 32.9 Å². The Morgan fingerprint density at radius 2 is 1.92 bits per heavy atom. The van der Waals surface area contributed by atoms with Gasteiger partial charge in [-0.15, -0.1) is 0 Å². The van der Waals surface area contributed by atoms with E-state index >= 15 is 0 Å². The standard InChI is InChI=1S/C30H29N5O2/c1-16(2)35-24-12-9-17(32-23-7-5-6-8-25(23)37-4)13-19(24)27-20-14-31-30(36)28(20)26-18(29(27)35)10-11-22-21(26)15-34(3)33-22/h5-9,12-13,15-16,32H,10-11,14H2,1-4H3,(H,31,36). The second kappa shape index (κ2) is 7.87. The van der Waals surface area contributed by atoms with E-state index in [1.54, 1.807) is 7.11 Å². The van der Waals surface area contributed by atoms with Crippen LogP contribution in [0.2, 0.25) is 0 Å². The number of amides is 1. The number of benzene rings is 3. The van der Waals surface area contributed by atoms with E-state index in [0.29, 0.717) is 6.54 Å². The van der Waals surface area contributed by atoms with Crippen LogP contribution < -0.4 is 15.4 Å². The molecule has 3 heterocycles. The van der Waals surface area contributed by atoms with Gasteiger partial charge in [0.1, 0.15) is 5.75 Å². The first kappa shape index (κ1) is 22.0. The predicted octanol–water partition coefficient (Wildman–Crippen LogP) is 5.87. The number of ether oxygens (including phenoxy) is 1. The molecular weight excluding hydrogens is 462 g/mol. The smallest absolute Gasteiger partial charge is 0.252 e. The maximum absolute atomic E-state index is 13.3. The minimum atomic E-state index is 0.0126. The lowest BCUT2D eigenvalue weighted by molar-refractivity contribution is 0.0966. The highest BCUT2D eigenvalue weighted by Gasteiger charge is 2.35. The molecule has 186 valence electrons. The molecule has 2 aliphatic rings. The van der Waals surface area contributed by atoms with Crippen LogP contribution in [0.1, 0.15) is 47.1 Å². The minimum Gasteiger partial charge on any atom is -0.495 e. The van der Waals surface area contributed by atoms with Crippen LogP contribution in [0.4, 0.5) is 11.4 Å². The number of nitrogens with zero attached hydrogens (tertiary/aromatic N) is 3. The molecule has 0 bridgehead atoms. The molecule has 37 heavy (non-hydrogen) atoms. The number of aromatic nitrogens is 3. The quantitative estimate of drug-likeness (QED) is 0.330. The fourth-order valence-electron chi connectivity index (χ4n) is 6.38. The fraction of sp³-hybridized carbons (Fsp3) is 0.267. The first-order chi connectivity index (χ1) is 18.0. The van der Waals surface area contributed by atoms with Crippen LogP contribution >= 0.6 is 0 Å².